The number of aromatic nitrogens is 2. The van der Waals surface area contributed by atoms with Gasteiger partial charge in [0.2, 0.25) is 15.9 Å². The first kappa shape index (κ1) is 20.6. The number of benzene rings is 1. The Bertz CT molecular complexity index is 1150. The average Bonchev–Trinajstić information content (AvgIpc) is 3.26. The third-order valence-electron chi connectivity index (χ3n) is 3.83. The van der Waals surface area contributed by atoms with Crippen molar-refractivity contribution in [2.45, 2.75) is 18.2 Å². The Balaban J connectivity index is 1.61. The summed E-state index contributed by atoms with van der Waals surface area (Å²) < 4.78 is 27.8. The lowest BCUT2D eigenvalue weighted by atomic mass is 10.1. The van der Waals surface area contributed by atoms with Crippen LogP contribution in [-0.2, 0) is 26.0 Å². The molecule has 2 heterocycles. The quantitative estimate of drug-likeness (QED) is 0.354. The zero-order valence-electron chi connectivity index (χ0n) is 15.2. The van der Waals surface area contributed by atoms with Crippen molar-refractivity contribution in [3.63, 3.8) is 0 Å². The molecule has 10 nitrogen and oxygen atoms in total. The Kier molecular flexibility index (Phi) is 6.06. The summed E-state index contributed by atoms with van der Waals surface area (Å²) in [6, 6.07) is 5.70. The van der Waals surface area contributed by atoms with Crippen molar-refractivity contribution in [3.8, 4) is 0 Å². The molecule has 0 aliphatic carbocycles. The van der Waals surface area contributed by atoms with Gasteiger partial charge >= 0.3 is 5.97 Å². The SMILES string of the molecule is CC(=NNC(=O)Cc1cn2ccsc2n1)c1ccc(S(=O)(=O)NCC(=O)O)cc1. The first-order valence-electron chi connectivity index (χ1n) is 8.31. The van der Waals surface area contributed by atoms with Gasteiger partial charge in [-0.25, -0.2) is 18.8 Å². The second kappa shape index (κ2) is 8.51. The number of hydrogen-bond acceptors (Lipinski definition) is 7. The number of nitrogens with one attached hydrogen (secondary N) is 2. The van der Waals surface area contributed by atoms with Crippen LogP contribution in [0.4, 0.5) is 0 Å². The molecule has 0 saturated heterocycles. The van der Waals surface area contributed by atoms with Crippen LogP contribution in [0, 0.1) is 0 Å². The van der Waals surface area contributed by atoms with E-state index >= 15 is 0 Å². The Morgan fingerprint density at radius 1 is 1.28 bits per heavy atom. The summed E-state index contributed by atoms with van der Waals surface area (Å²) in [4.78, 5) is 27.6. The molecule has 12 heteroatoms. The van der Waals surface area contributed by atoms with Crippen LogP contribution in [0.2, 0.25) is 0 Å². The van der Waals surface area contributed by atoms with E-state index in [1.54, 1.807) is 13.1 Å². The van der Waals surface area contributed by atoms with E-state index in [1.807, 2.05) is 20.7 Å². The van der Waals surface area contributed by atoms with E-state index in [2.05, 4.69) is 15.5 Å². The molecule has 0 atom stereocenters. The van der Waals surface area contributed by atoms with E-state index in [0.29, 0.717) is 17.0 Å². The van der Waals surface area contributed by atoms with Crippen LogP contribution < -0.4 is 10.1 Å². The number of sulfonamides is 1. The minimum absolute atomic E-state index is 0.0703. The van der Waals surface area contributed by atoms with Crippen LogP contribution in [0.1, 0.15) is 18.2 Å². The van der Waals surface area contributed by atoms with Crippen molar-refractivity contribution in [3.05, 3.63) is 53.3 Å². The lowest BCUT2D eigenvalue weighted by Gasteiger charge is -2.06. The third-order valence-corrected chi connectivity index (χ3v) is 6.02. The van der Waals surface area contributed by atoms with Crippen LogP contribution in [0.3, 0.4) is 0 Å². The highest BCUT2D eigenvalue weighted by atomic mass is 32.2. The maximum Gasteiger partial charge on any atom is 0.318 e. The molecule has 0 saturated carbocycles. The minimum Gasteiger partial charge on any atom is -0.480 e. The van der Waals surface area contributed by atoms with Crippen LogP contribution in [0.5, 0.6) is 0 Å². The number of carbonyl (C=O) groups excluding carboxylic acids is 1. The topological polar surface area (TPSA) is 142 Å². The predicted octanol–water partition coefficient (Wildman–Crippen LogP) is 0.842. The molecule has 0 aliphatic rings. The third kappa shape index (κ3) is 5.25. The van der Waals surface area contributed by atoms with E-state index in [1.165, 1.54) is 35.6 Å². The lowest BCUT2D eigenvalue weighted by Crippen LogP contribution is -2.29. The molecular weight excluding hydrogens is 418 g/mol. The van der Waals surface area contributed by atoms with Crippen LogP contribution in [0.15, 0.2) is 52.0 Å². The molecule has 29 heavy (non-hydrogen) atoms. The number of nitrogens with zero attached hydrogens (tertiary/aromatic N) is 3. The van der Waals surface area contributed by atoms with Gasteiger partial charge in [-0.15, -0.1) is 11.3 Å². The highest BCUT2D eigenvalue weighted by Gasteiger charge is 2.15. The molecule has 0 unspecified atom stereocenters. The molecule has 3 rings (SSSR count). The second-order valence-electron chi connectivity index (χ2n) is 5.98. The van der Waals surface area contributed by atoms with Gasteiger partial charge in [-0.1, -0.05) is 12.1 Å². The van der Waals surface area contributed by atoms with Crippen LogP contribution in [0.25, 0.3) is 4.96 Å². The number of carboxylic acid groups (broad SMARTS) is 1. The first-order chi connectivity index (χ1) is 13.7. The molecule has 0 fully saturated rings. The summed E-state index contributed by atoms with van der Waals surface area (Å²) in [6.07, 6.45) is 3.72. The Labute approximate surface area is 169 Å². The molecule has 1 amide bonds. The second-order valence-corrected chi connectivity index (χ2v) is 8.62. The van der Waals surface area contributed by atoms with Gasteiger partial charge in [-0.05, 0) is 24.6 Å². The monoisotopic (exact) mass is 435 g/mol. The highest BCUT2D eigenvalue weighted by Crippen LogP contribution is 2.12. The molecule has 3 N–H and O–H groups in total. The van der Waals surface area contributed by atoms with Crippen molar-refractivity contribution in [2.24, 2.45) is 5.10 Å². The van der Waals surface area contributed by atoms with Crippen molar-refractivity contribution in [2.75, 3.05) is 6.54 Å². The number of carboxylic acids is 1. The van der Waals surface area contributed by atoms with E-state index in [4.69, 9.17) is 5.11 Å². The van der Waals surface area contributed by atoms with Gasteiger partial charge in [0.25, 0.3) is 0 Å². The fourth-order valence-electron chi connectivity index (χ4n) is 2.39. The fourth-order valence-corrected chi connectivity index (χ4v) is 4.08. The lowest BCUT2D eigenvalue weighted by molar-refractivity contribution is -0.135. The zero-order valence-corrected chi connectivity index (χ0v) is 16.8. The van der Waals surface area contributed by atoms with Crippen LogP contribution >= 0.6 is 11.3 Å². The summed E-state index contributed by atoms with van der Waals surface area (Å²) >= 11 is 1.47. The van der Waals surface area contributed by atoms with Gasteiger partial charge < -0.3 is 5.11 Å². The maximum atomic E-state index is 12.1. The molecule has 152 valence electrons. The van der Waals surface area contributed by atoms with Crippen molar-refractivity contribution < 1.29 is 23.1 Å². The van der Waals surface area contributed by atoms with Gasteiger partial charge in [0.05, 0.1) is 22.7 Å². The molecule has 0 bridgehead atoms. The normalized spacial score (nSPS) is 12.2. The van der Waals surface area contributed by atoms with E-state index in [0.717, 1.165) is 4.96 Å². The number of hydrazone groups is 1. The molecule has 0 radical (unpaired) electrons. The number of aliphatic carboxylic acids is 1. The zero-order chi connectivity index (χ0) is 21.0. The van der Waals surface area contributed by atoms with E-state index < -0.39 is 22.5 Å². The van der Waals surface area contributed by atoms with Crippen molar-refractivity contribution in [1.29, 1.82) is 0 Å². The Hall–Kier alpha value is -3.09. The smallest absolute Gasteiger partial charge is 0.318 e. The maximum absolute atomic E-state index is 12.1. The Morgan fingerprint density at radius 3 is 2.66 bits per heavy atom. The summed E-state index contributed by atoms with van der Waals surface area (Å²) in [5.74, 6) is -1.61. The standard InChI is InChI=1S/C17H17N5O5S2/c1-11(12-2-4-14(5-3-12)29(26,27)18-9-16(24)25)20-21-15(23)8-13-10-22-6-7-28-17(22)19-13/h2-7,10,18H,8-9H2,1H3,(H,21,23)(H,24,25). The van der Waals surface area contributed by atoms with Gasteiger partial charge in [-0.2, -0.15) is 9.82 Å². The van der Waals surface area contributed by atoms with E-state index in [-0.39, 0.29) is 17.2 Å². The number of carbonyl (C=O) groups is 2. The minimum atomic E-state index is -3.91. The average molecular weight is 435 g/mol. The summed E-state index contributed by atoms with van der Waals surface area (Å²) in [5, 5.41) is 14.5. The summed E-state index contributed by atoms with van der Waals surface area (Å²) in [6.45, 7) is 0.963. The first-order valence-corrected chi connectivity index (χ1v) is 10.7. The fraction of sp³-hybridized carbons (Fsp3) is 0.176. The van der Waals surface area contributed by atoms with Gasteiger partial charge in [0, 0.05) is 17.8 Å². The van der Waals surface area contributed by atoms with E-state index in [9.17, 15) is 18.0 Å². The van der Waals surface area contributed by atoms with Crippen LogP contribution in [-0.4, -0.2) is 47.0 Å². The molecular formula is C17H17N5O5S2. The molecule has 2 aromatic heterocycles. The molecule has 1 aromatic carbocycles. The summed E-state index contributed by atoms with van der Waals surface area (Å²) in [7, 11) is -3.91. The number of rotatable bonds is 8. The van der Waals surface area contributed by atoms with Gasteiger partial charge in [-0.3, -0.25) is 14.0 Å². The molecule has 0 aliphatic heterocycles. The molecule has 0 spiro atoms. The van der Waals surface area contributed by atoms with Crippen molar-refractivity contribution in [1.82, 2.24) is 19.5 Å². The van der Waals surface area contributed by atoms with Gasteiger partial charge in [0.15, 0.2) is 4.96 Å². The number of hydrogen-bond donors (Lipinski definition) is 3. The Morgan fingerprint density at radius 2 is 2.00 bits per heavy atom. The van der Waals surface area contributed by atoms with Crippen molar-refractivity contribution >= 4 is 43.9 Å². The van der Waals surface area contributed by atoms with Gasteiger partial charge in [0.1, 0.15) is 6.54 Å². The summed E-state index contributed by atoms with van der Waals surface area (Å²) in [5.41, 5.74) is 4.16. The highest BCUT2D eigenvalue weighted by molar-refractivity contribution is 7.89. The number of fused-ring (bicyclic) bond motifs is 1. The largest absolute Gasteiger partial charge is 0.480 e. The predicted molar refractivity (Wildman–Crippen MR) is 106 cm³/mol. The molecule has 3 aromatic rings. The number of thiazole rings is 1. The number of imidazole rings is 1. The number of amides is 1.